The molecule has 1 saturated heterocycles. The Kier molecular flexibility index (Phi) is 6.56. The molecular weight excluding hydrogens is 372 g/mol. The van der Waals surface area contributed by atoms with Crippen LogP contribution in [0.25, 0.3) is 0 Å². The minimum absolute atomic E-state index is 0.0158. The summed E-state index contributed by atoms with van der Waals surface area (Å²) in [7, 11) is 1.65. The zero-order valence-corrected chi connectivity index (χ0v) is 16.3. The van der Waals surface area contributed by atoms with E-state index in [0.717, 1.165) is 25.1 Å². The molecule has 0 bridgehead atoms. The fraction of sp³-hybridized carbons (Fsp3) is 0.333. The standard InChI is InChI=1S/C21H24N4O4/c1-23(18-9-11-19(12-10-18)25(28)29)20(26)15-24-13-5-6-16(14-24)21(27)22-17-7-3-2-4-8-17/h2-4,7-12,16H,5-6,13-15H2,1H3,(H,22,27)/t16-/m1/s1. The first kappa shape index (κ1) is 20.5. The summed E-state index contributed by atoms with van der Waals surface area (Å²) in [6.07, 6.45) is 1.64. The van der Waals surface area contributed by atoms with Crippen LogP contribution < -0.4 is 10.2 Å². The summed E-state index contributed by atoms with van der Waals surface area (Å²) in [5.74, 6) is -0.318. The molecule has 0 spiro atoms. The van der Waals surface area contributed by atoms with E-state index in [1.807, 2.05) is 35.2 Å². The van der Waals surface area contributed by atoms with Gasteiger partial charge < -0.3 is 10.2 Å². The lowest BCUT2D eigenvalue weighted by Crippen LogP contribution is -2.45. The minimum Gasteiger partial charge on any atom is -0.326 e. The second kappa shape index (κ2) is 9.29. The molecule has 1 aliphatic rings. The third-order valence-corrected chi connectivity index (χ3v) is 5.10. The van der Waals surface area contributed by atoms with E-state index in [0.29, 0.717) is 12.2 Å². The monoisotopic (exact) mass is 396 g/mol. The zero-order chi connectivity index (χ0) is 20.8. The maximum Gasteiger partial charge on any atom is 0.269 e. The van der Waals surface area contributed by atoms with E-state index in [1.54, 1.807) is 19.2 Å². The van der Waals surface area contributed by atoms with E-state index in [-0.39, 0.29) is 30.0 Å². The van der Waals surface area contributed by atoms with Crippen molar-refractivity contribution in [1.29, 1.82) is 0 Å². The number of amides is 2. The fourth-order valence-corrected chi connectivity index (χ4v) is 3.42. The van der Waals surface area contributed by atoms with E-state index < -0.39 is 4.92 Å². The highest BCUT2D eigenvalue weighted by atomic mass is 16.6. The highest BCUT2D eigenvalue weighted by Gasteiger charge is 2.27. The number of anilines is 2. The Morgan fingerprint density at radius 2 is 1.86 bits per heavy atom. The number of benzene rings is 2. The summed E-state index contributed by atoms with van der Waals surface area (Å²) in [5, 5.41) is 13.7. The summed E-state index contributed by atoms with van der Waals surface area (Å²) in [5.41, 5.74) is 1.34. The molecule has 1 atom stereocenters. The molecule has 152 valence electrons. The Labute approximate surface area is 169 Å². The lowest BCUT2D eigenvalue weighted by molar-refractivity contribution is -0.384. The SMILES string of the molecule is CN(C(=O)CN1CCC[C@@H](C(=O)Nc2ccccc2)C1)c1ccc([N+](=O)[O-])cc1. The van der Waals surface area contributed by atoms with Crippen LogP contribution in [-0.2, 0) is 9.59 Å². The van der Waals surface area contributed by atoms with Crippen LogP contribution in [0.2, 0.25) is 0 Å². The first-order chi connectivity index (χ1) is 13.9. The van der Waals surface area contributed by atoms with Crippen molar-refractivity contribution >= 4 is 28.9 Å². The van der Waals surface area contributed by atoms with Crippen LogP contribution in [-0.4, -0.2) is 48.3 Å². The molecule has 0 unspecified atom stereocenters. The molecule has 0 saturated carbocycles. The van der Waals surface area contributed by atoms with Crippen LogP contribution in [0.15, 0.2) is 54.6 Å². The van der Waals surface area contributed by atoms with Gasteiger partial charge in [0.05, 0.1) is 17.4 Å². The van der Waals surface area contributed by atoms with Crippen molar-refractivity contribution in [1.82, 2.24) is 4.90 Å². The molecule has 1 fully saturated rings. The van der Waals surface area contributed by atoms with Crippen molar-refractivity contribution in [2.45, 2.75) is 12.8 Å². The summed E-state index contributed by atoms with van der Waals surface area (Å²) in [6.45, 7) is 1.48. The third kappa shape index (κ3) is 5.39. The smallest absolute Gasteiger partial charge is 0.269 e. The maximum absolute atomic E-state index is 12.6. The second-order valence-electron chi connectivity index (χ2n) is 7.16. The molecule has 29 heavy (non-hydrogen) atoms. The number of rotatable bonds is 6. The number of hydrogen-bond acceptors (Lipinski definition) is 5. The average Bonchev–Trinajstić information content (AvgIpc) is 2.74. The van der Waals surface area contributed by atoms with Gasteiger partial charge in [-0.2, -0.15) is 0 Å². The molecule has 0 aliphatic carbocycles. The number of nitrogens with zero attached hydrogens (tertiary/aromatic N) is 3. The van der Waals surface area contributed by atoms with Gasteiger partial charge in [-0.25, -0.2) is 0 Å². The van der Waals surface area contributed by atoms with Gasteiger partial charge in [-0.3, -0.25) is 24.6 Å². The molecule has 1 heterocycles. The van der Waals surface area contributed by atoms with E-state index in [9.17, 15) is 19.7 Å². The third-order valence-electron chi connectivity index (χ3n) is 5.10. The topological polar surface area (TPSA) is 95.8 Å². The lowest BCUT2D eigenvalue weighted by Gasteiger charge is -2.32. The molecular formula is C21H24N4O4. The van der Waals surface area contributed by atoms with Crippen LogP contribution in [0.5, 0.6) is 0 Å². The fourth-order valence-electron chi connectivity index (χ4n) is 3.42. The van der Waals surface area contributed by atoms with Gasteiger partial charge >= 0.3 is 0 Å². The van der Waals surface area contributed by atoms with Crippen molar-refractivity contribution in [3.05, 3.63) is 64.7 Å². The Morgan fingerprint density at radius 3 is 2.52 bits per heavy atom. The predicted octanol–water partition coefficient (Wildman–Crippen LogP) is 2.91. The van der Waals surface area contributed by atoms with Crippen molar-refractivity contribution in [2.24, 2.45) is 5.92 Å². The molecule has 1 aliphatic heterocycles. The molecule has 0 aromatic heterocycles. The molecule has 3 rings (SSSR count). The van der Waals surface area contributed by atoms with Crippen molar-refractivity contribution in [3.63, 3.8) is 0 Å². The van der Waals surface area contributed by atoms with Gasteiger partial charge in [-0.05, 0) is 43.7 Å². The summed E-state index contributed by atoms with van der Waals surface area (Å²) < 4.78 is 0. The normalized spacial score (nSPS) is 16.8. The lowest BCUT2D eigenvalue weighted by atomic mass is 9.97. The van der Waals surface area contributed by atoms with Gasteiger partial charge in [-0.15, -0.1) is 0 Å². The maximum atomic E-state index is 12.6. The predicted molar refractivity (Wildman–Crippen MR) is 111 cm³/mol. The van der Waals surface area contributed by atoms with Crippen molar-refractivity contribution < 1.29 is 14.5 Å². The number of non-ortho nitro benzene ring substituents is 1. The van der Waals surface area contributed by atoms with Crippen LogP contribution in [0.1, 0.15) is 12.8 Å². The highest BCUT2D eigenvalue weighted by molar-refractivity contribution is 5.95. The van der Waals surface area contributed by atoms with Gasteiger partial charge in [0.1, 0.15) is 0 Å². The first-order valence-corrected chi connectivity index (χ1v) is 9.53. The van der Waals surface area contributed by atoms with Crippen molar-refractivity contribution in [2.75, 3.05) is 36.9 Å². The highest BCUT2D eigenvalue weighted by Crippen LogP contribution is 2.21. The Morgan fingerprint density at radius 1 is 1.17 bits per heavy atom. The summed E-state index contributed by atoms with van der Waals surface area (Å²) >= 11 is 0. The Bertz CT molecular complexity index is 870. The quantitative estimate of drug-likeness (QED) is 0.598. The molecule has 8 heteroatoms. The number of nitro groups is 1. The number of piperidine rings is 1. The van der Waals surface area contributed by atoms with Crippen LogP contribution in [0.4, 0.5) is 17.1 Å². The second-order valence-corrected chi connectivity index (χ2v) is 7.16. The van der Waals surface area contributed by atoms with Gasteiger partial charge in [0, 0.05) is 37.1 Å². The van der Waals surface area contributed by atoms with Crippen LogP contribution in [0, 0.1) is 16.0 Å². The number of likely N-dealkylation sites (tertiary alicyclic amines) is 1. The largest absolute Gasteiger partial charge is 0.326 e. The number of likely N-dealkylation sites (N-methyl/N-ethyl adjacent to an activating group) is 1. The number of nitro benzene ring substituents is 1. The molecule has 2 aromatic carbocycles. The summed E-state index contributed by atoms with van der Waals surface area (Å²) in [6, 6.07) is 15.2. The zero-order valence-electron chi connectivity index (χ0n) is 16.3. The number of nitrogens with one attached hydrogen (secondary N) is 1. The average molecular weight is 396 g/mol. The number of hydrogen-bond donors (Lipinski definition) is 1. The Hall–Kier alpha value is -3.26. The van der Waals surface area contributed by atoms with E-state index in [4.69, 9.17) is 0 Å². The first-order valence-electron chi connectivity index (χ1n) is 9.53. The summed E-state index contributed by atoms with van der Waals surface area (Å²) in [4.78, 5) is 39.0. The molecule has 2 aromatic rings. The van der Waals surface area contributed by atoms with E-state index in [2.05, 4.69) is 5.32 Å². The molecule has 1 N–H and O–H groups in total. The number of carbonyl (C=O) groups is 2. The molecule has 8 nitrogen and oxygen atoms in total. The van der Waals surface area contributed by atoms with Gasteiger partial charge in [0.15, 0.2) is 0 Å². The van der Waals surface area contributed by atoms with Gasteiger partial charge in [0.25, 0.3) is 5.69 Å². The van der Waals surface area contributed by atoms with E-state index >= 15 is 0 Å². The minimum atomic E-state index is -0.472. The molecule has 2 amide bonds. The number of carbonyl (C=O) groups excluding carboxylic acids is 2. The number of para-hydroxylation sites is 1. The Balaban J connectivity index is 1.55. The van der Waals surface area contributed by atoms with Gasteiger partial charge in [0.2, 0.25) is 11.8 Å². The molecule has 0 radical (unpaired) electrons. The van der Waals surface area contributed by atoms with Crippen molar-refractivity contribution in [3.8, 4) is 0 Å². The van der Waals surface area contributed by atoms with Crippen LogP contribution in [0.3, 0.4) is 0 Å². The van der Waals surface area contributed by atoms with Gasteiger partial charge in [-0.1, -0.05) is 18.2 Å². The van der Waals surface area contributed by atoms with Crippen LogP contribution >= 0.6 is 0 Å². The van der Waals surface area contributed by atoms with E-state index in [1.165, 1.54) is 17.0 Å².